The minimum Gasteiger partial charge on any atom is -0.348 e. The number of pyridine rings is 1. The lowest BCUT2D eigenvalue weighted by Gasteiger charge is -2.06. The van der Waals surface area contributed by atoms with Crippen LogP contribution in [0.1, 0.15) is 15.9 Å². The molecule has 0 atom stereocenters. The molecule has 7 nitrogen and oxygen atoms in total. The number of carbonyl (C=O) groups excluding carboxylic acids is 1. The van der Waals surface area contributed by atoms with Gasteiger partial charge < -0.3 is 5.32 Å². The number of aromatic nitrogens is 5. The van der Waals surface area contributed by atoms with Gasteiger partial charge in [-0.1, -0.05) is 6.07 Å². The second-order valence-electron chi connectivity index (χ2n) is 5.60. The third kappa shape index (κ3) is 3.24. The molecule has 25 heavy (non-hydrogen) atoms. The van der Waals surface area contributed by atoms with Crippen LogP contribution in [0.15, 0.2) is 48.9 Å². The van der Waals surface area contributed by atoms with Crippen LogP contribution >= 0.6 is 11.7 Å². The summed E-state index contributed by atoms with van der Waals surface area (Å²) in [5.74, 6) is -0.147. The maximum atomic E-state index is 12.3. The van der Waals surface area contributed by atoms with Gasteiger partial charge in [-0.2, -0.15) is 13.8 Å². The van der Waals surface area contributed by atoms with Crippen molar-refractivity contribution in [1.29, 1.82) is 0 Å². The van der Waals surface area contributed by atoms with Crippen molar-refractivity contribution in [1.82, 2.24) is 28.8 Å². The fourth-order valence-electron chi connectivity index (χ4n) is 2.46. The number of carbonyl (C=O) groups is 1. The second-order valence-corrected chi connectivity index (χ2v) is 6.13. The Morgan fingerprint density at radius 3 is 2.80 bits per heavy atom. The first kappa shape index (κ1) is 15.4. The fourth-order valence-corrected chi connectivity index (χ4v) is 2.98. The summed E-state index contributed by atoms with van der Waals surface area (Å²) in [5, 5.41) is 7.03. The topological polar surface area (TPSA) is 85.6 Å². The lowest BCUT2D eigenvalue weighted by atomic mass is 10.1. The summed E-state index contributed by atoms with van der Waals surface area (Å²) in [5.41, 5.74) is 4.85. The number of aryl methyl sites for hydroxylation is 1. The Labute approximate surface area is 147 Å². The molecular weight excluding hydrogens is 336 g/mol. The van der Waals surface area contributed by atoms with E-state index < -0.39 is 0 Å². The zero-order chi connectivity index (χ0) is 17.2. The summed E-state index contributed by atoms with van der Waals surface area (Å²) in [6, 6.07) is 9.17. The molecule has 4 aromatic rings. The van der Waals surface area contributed by atoms with E-state index >= 15 is 0 Å². The molecule has 0 bridgehead atoms. The molecule has 1 aromatic carbocycles. The number of fused-ring (bicyclic) bond motifs is 1. The first-order valence-corrected chi connectivity index (χ1v) is 8.36. The van der Waals surface area contributed by atoms with Crippen molar-refractivity contribution in [3.63, 3.8) is 0 Å². The van der Waals surface area contributed by atoms with Crippen molar-refractivity contribution >= 4 is 28.7 Å². The molecule has 0 radical (unpaired) electrons. The summed E-state index contributed by atoms with van der Waals surface area (Å²) < 4.78 is 10.0. The van der Waals surface area contributed by atoms with E-state index in [2.05, 4.69) is 24.1 Å². The Morgan fingerprint density at radius 2 is 2.04 bits per heavy atom. The van der Waals surface area contributed by atoms with Crippen LogP contribution in [-0.2, 0) is 13.6 Å². The molecule has 0 saturated carbocycles. The summed E-state index contributed by atoms with van der Waals surface area (Å²) in [6.07, 6.45) is 5.44. The lowest BCUT2D eigenvalue weighted by molar-refractivity contribution is 0.0951. The van der Waals surface area contributed by atoms with Crippen molar-refractivity contribution in [3.05, 3.63) is 60.0 Å². The van der Waals surface area contributed by atoms with Crippen LogP contribution in [-0.4, -0.2) is 29.4 Å². The van der Waals surface area contributed by atoms with Crippen molar-refractivity contribution in [2.75, 3.05) is 0 Å². The highest BCUT2D eigenvalue weighted by molar-refractivity contribution is 7.00. The van der Waals surface area contributed by atoms with Crippen molar-refractivity contribution < 1.29 is 4.79 Å². The Hall–Kier alpha value is -3.13. The minimum atomic E-state index is -0.147. The molecule has 0 aliphatic heterocycles. The standard InChI is InChI=1S/C17H14N6OS/c1-23-10-13(9-20-23)14-4-2-11(7-18-14)8-19-17(24)12-3-5-15-16(6-12)22-25-21-15/h2-7,9-10H,8H2,1H3,(H,19,24). The summed E-state index contributed by atoms with van der Waals surface area (Å²) in [4.78, 5) is 16.7. The Morgan fingerprint density at radius 1 is 1.16 bits per heavy atom. The first-order valence-electron chi connectivity index (χ1n) is 7.63. The first-order chi connectivity index (χ1) is 12.2. The fraction of sp³-hybridized carbons (Fsp3) is 0.118. The number of rotatable bonds is 4. The van der Waals surface area contributed by atoms with E-state index in [1.807, 2.05) is 25.4 Å². The van der Waals surface area contributed by atoms with E-state index in [0.717, 1.165) is 39.6 Å². The largest absolute Gasteiger partial charge is 0.348 e. The van der Waals surface area contributed by atoms with Crippen LogP contribution in [0.3, 0.4) is 0 Å². The quantitative estimate of drug-likeness (QED) is 0.611. The summed E-state index contributed by atoms with van der Waals surface area (Å²) in [6.45, 7) is 0.409. The molecule has 0 aliphatic rings. The average Bonchev–Trinajstić information content (AvgIpc) is 3.28. The lowest BCUT2D eigenvalue weighted by Crippen LogP contribution is -2.22. The predicted molar refractivity (Wildman–Crippen MR) is 95.0 cm³/mol. The van der Waals surface area contributed by atoms with E-state index in [9.17, 15) is 4.79 Å². The average molecular weight is 350 g/mol. The summed E-state index contributed by atoms with van der Waals surface area (Å²) in [7, 11) is 1.87. The Bertz CT molecular complexity index is 1040. The molecule has 0 unspecified atom stereocenters. The number of nitrogens with one attached hydrogen (secondary N) is 1. The molecule has 124 valence electrons. The highest BCUT2D eigenvalue weighted by atomic mass is 32.1. The second kappa shape index (κ2) is 6.40. The van der Waals surface area contributed by atoms with Gasteiger partial charge in [0.05, 0.1) is 23.6 Å². The molecule has 3 aromatic heterocycles. The zero-order valence-corrected chi connectivity index (χ0v) is 14.2. The van der Waals surface area contributed by atoms with Crippen LogP contribution in [0.2, 0.25) is 0 Å². The van der Waals surface area contributed by atoms with Gasteiger partial charge in [0.1, 0.15) is 11.0 Å². The van der Waals surface area contributed by atoms with Crippen molar-refractivity contribution in [2.24, 2.45) is 7.05 Å². The highest BCUT2D eigenvalue weighted by Crippen LogP contribution is 2.16. The molecule has 0 saturated heterocycles. The smallest absolute Gasteiger partial charge is 0.251 e. The summed E-state index contributed by atoms with van der Waals surface area (Å²) >= 11 is 1.14. The van der Waals surface area contributed by atoms with Gasteiger partial charge in [-0.05, 0) is 29.8 Å². The van der Waals surface area contributed by atoms with Gasteiger partial charge in [0, 0.05) is 37.1 Å². The van der Waals surface area contributed by atoms with Crippen LogP contribution in [0, 0.1) is 0 Å². The molecule has 3 heterocycles. The number of amides is 1. The van der Waals surface area contributed by atoms with Crippen LogP contribution < -0.4 is 5.32 Å². The zero-order valence-electron chi connectivity index (χ0n) is 13.4. The van der Waals surface area contributed by atoms with Crippen LogP contribution in [0.4, 0.5) is 0 Å². The van der Waals surface area contributed by atoms with E-state index in [-0.39, 0.29) is 5.91 Å². The number of nitrogens with zero attached hydrogens (tertiary/aromatic N) is 5. The van der Waals surface area contributed by atoms with Gasteiger partial charge in [-0.15, -0.1) is 0 Å². The molecule has 4 rings (SSSR count). The molecular formula is C17H14N6OS. The van der Waals surface area contributed by atoms with Gasteiger partial charge in [-0.3, -0.25) is 14.5 Å². The molecule has 0 fully saturated rings. The third-order valence-electron chi connectivity index (χ3n) is 3.79. The monoisotopic (exact) mass is 350 g/mol. The normalized spacial score (nSPS) is 10.9. The molecule has 1 amide bonds. The van der Waals surface area contributed by atoms with E-state index in [0.29, 0.717) is 12.1 Å². The van der Waals surface area contributed by atoms with Gasteiger partial charge in [0.15, 0.2) is 0 Å². The Kier molecular flexibility index (Phi) is 3.95. The molecule has 0 spiro atoms. The van der Waals surface area contributed by atoms with Crippen LogP contribution in [0.25, 0.3) is 22.3 Å². The van der Waals surface area contributed by atoms with Gasteiger partial charge in [0.25, 0.3) is 5.91 Å². The predicted octanol–water partition coefficient (Wildman–Crippen LogP) is 2.42. The SMILES string of the molecule is Cn1cc(-c2ccc(CNC(=O)c3ccc4nsnc4c3)cn2)cn1. The minimum absolute atomic E-state index is 0.147. The molecule has 1 N–H and O–H groups in total. The number of benzene rings is 1. The maximum absolute atomic E-state index is 12.3. The van der Waals surface area contributed by atoms with E-state index in [4.69, 9.17) is 0 Å². The molecule has 0 aliphatic carbocycles. The van der Waals surface area contributed by atoms with Crippen LogP contribution in [0.5, 0.6) is 0 Å². The van der Waals surface area contributed by atoms with Gasteiger partial charge >= 0.3 is 0 Å². The number of hydrogen-bond donors (Lipinski definition) is 1. The Balaban J connectivity index is 1.42. The van der Waals surface area contributed by atoms with Crippen molar-refractivity contribution in [3.8, 4) is 11.3 Å². The van der Waals surface area contributed by atoms with Gasteiger partial charge in [0.2, 0.25) is 0 Å². The third-order valence-corrected chi connectivity index (χ3v) is 4.35. The number of hydrogen-bond acceptors (Lipinski definition) is 6. The maximum Gasteiger partial charge on any atom is 0.251 e. The van der Waals surface area contributed by atoms with E-state index in [1.165, 1.54) is 0 Å². The highest BCUT2D eigenvalue weighted by Gasteiger charge is 2.08. The van der Waals surface area contributed by atoms with E-state index in [1.54, 1.807) is 35.3 Å². The van der Waals surface area contributed by atoms with Crippen molar-refractivity contribution in [2.45, 2.75) is 6.54 Å². The van der Waals surface area contributed by atoms with Gasteiger partial charge in [-0.25, -0.2) is 0 Å². The molecule has 8 heteroatoms.